The van der Waals surface area contributed by atoms with Gasteiger partial charge in [0.15, 0.2) is 0 Å². The summed E-state index contributed by atoms with van der Waals surface area (Å²) in [7, 11) is 0. The molecule has 0 aliphatic rings. The van der Waals surface area contributed by atoms with Gasteiger partial charge in [0.2, 0.25) is 0 Å². The van der Waals surface area contributed by atoms with Gasteiger partial charge in [0.05, 0.1) is 6.04 Å². The largest absolute Gasteiger partial charge is 0.377 e. The maximum Gasteiger partial charge on any atom is 0.0636 e. The van der Waals surface area contributed by atoms with Crippen LogP contribution in [0, 0.1) is 20.8 Å². The van der Waals surface area contributed by atoms with Gasteiger partial charge in [-0.2, -0.15) is 0 Å². The third-order valence-corrected chi connectivity index (χ3v) is 3.36. The van der Waals surface area contributed by atoms with Gasteiger partial charge in [-0.1, -0.05) is 47.5 Å². The van der Waals surface area contributed by atoms with Crippen LogP contribution in [0.1, 0.15) is 28.3 Å². The first-order valence-corrected chi connectivity index (χ1v) is 6.70. The molecule has 2 nitrogen and oxygen atoms in total. The molecule has 3 N–H and O–H groups in total. The van der Waals surface area contributed by atoms with Crippen LogP contribution in [-0.2, 0) is 0 Å². The lowest BCUT2D eigenvalue weighted by atomic mass is 10.0. The van der Waals surface area contributed by atoms with Crippen molar-refractivity contribution in [2.75, 3.05) is 11.9 Å². The van der Waals surface area contributed by atoms with Crippen LogP contribution in [0.25, 0.3) is 0 Å². The number of rotatable bonds is 4. The number of para-hydroxylation sites is 1. The first kappa shape index (κ1) is 13.6. The molecule has 2 rings (SSSR count). The normalized spacial score (nSPS) is 12.2. The molecule has 0 aliphatic heterocycles. The van der Waals surface area contributed by atoms with Gasteiger partial charge in [-0.05, 0) is 38.0 Å². The predicted molar refractivity (Wildman–Crippen MR) is 82.5 cm³/mol. The van der Waals surface area contributed by atoms with Gasteiger partial charge in [-0.15, -0.1) is 0 Å². The summed E-state index contributed by atoms with van der Waals surface area (Å²) in [5, 5.41) is 3.54. The molecule has 0 fully saturated rings. The van der Waals surface area contributed by atoms with Crippen molar-refractivity contribution in [3.05, 3.63) is 64.7 Å². The summed E-state index contributed by atoms with van der Waals surface area (Å²) < 4.78 is 0. The summed E-state index contributed by atoms with van der Waals surface area (Å²) in [5.74, 6) is 0. The molecule has 0 aliphatic carbocycles. The molecule has 0 aromatic heterocycles. The maximum absolute atomic E-state index is 5.94. The van der Waals surface area contributed by atoms with Crippen LogP contribution in [0.15, 0.2) is 42.5 Å². The van der Waals surface area contributed by atoms with Crippen molar-refractivity contribution in [1.82, 2.24) is 0 Å². The van der Waals surface area contributed by atoms with Gasteiger partial charge >= 0.3 is 0 Å². The second-order valence-electron chi connectivity index (χ2n) is 5.17. The Morgan fingerprint density at radius 1 is 1.00 bits per heavy atom. The molecule has 0 saturated heterocycles. The third-order valence-electron chi connectivity index (χ3n) is 3.36. The number of benzene rings is 2. The molecule has 2 aromatic carbocycles. The molecule has 2 aromatic rings. The van der Waals surface area contributed by atoms with Crippen molar-refractivity contribution in [2.45, 2.75) is 26.8 Å². The molecule has 1 unspecified atom stereocenters. The topological polar surface area (TPSA) is 38.0 Å². The molecule has 2 heteroatoms. The summed E-state index contributed by atoms with van der Waals surface area (Å²) in [5.41, 5.74) is 12.1. The fourth-order valence-corrected chi connectivity index (χ4v) is 2.41. The van der Waals surface area contributed by atoms with Crippen molar-refractivity contribution < 1.29 is 0 Å². The Hall–Kier alpha value is -1.80. The Bertz CT molecular complexity index is 541. The van der Waals surface area contributed by atoms with Crippen LogP contribution < -0.4 is 11.1 Å². The van der Waals surface area contributed by atoms with Crippen LogP contribution in [0.3, 0.4) is 0 Å². The number of nitrogens with one attached hydrogen (secondary N) is 1. The molecule has 0 saturated carbocycles. The fraction of sp³-hybridized carbons (Fsp3) is 0.294. The smallest absolute Gasteiger partial charge is 0.0636 e. The van der Waals surface area contributed by atoms with Crippen molar-refractivity contribution >= 4 is 5.69 Å². The van der Waals surface area contributed by atoms with E-state index in [-0.39, 0.29) is 6.04 Å². The van der Waals surface area contributed by atoms with E-state index < -0.39 is 0 Å². The highest BCUT2D eigenvalue weighted by molar-refractivity contribution is 5.52. The molecular weight excluding hydrogens is 232 g/mol. The van der Waals surface area contributed by atoms with Crippen molar-refractivity contribution in [1.29, 1.82) is 0 Å². The number of anilines is 1. The SMILES string of the molecule is Cc1cc(C)cc(C(CN)Nc2ccccc2C)c1. The van der Waals surface area contributed by atoms with E-state index in [4.69, 9.17) is 5.73 Å². The van der Waals surface area contributed by atoms with E-state index in [2.05, 4.69) is 62.5 Å². The van der Waals surface area contributed by atoms with Gasteiger partial charge in [0.1, 0.15) is 0 Å². The molecule has 1 atom stereocenters. The number of hydrogen-bond acceptors (Lipinski definition) is 2. The molecule has 100 valence electrons. The fourth-order valence-electron chi connectivity index (χ4n) is 2.41. The van der Waals surface area contributed by atoms with E-state index in [1.807, 2.05) is 6.07 Å². The van der Waals surface area contributed by atoms with Crippen LogP contribution in [0.2, 0.25) is 0 Å². The van der Waals surface area contributed by atoms with Gasteiger partial charge in [0.25, 0.3) is 0 Å². The molecular formula is C17H22N2. The summed E-state index contributed by atoms with van der Waals surface area (Å²) >= 11 is 0. The number of nitrogens with two attached hydrogens (primary N) is 1. The monoisotopic (exact) mass is 254 g/mol. The Morgan fingerprint density at radius 2 is 1.63 bits per heavy atom. The maximum atomic E-state index is 5.94. The van der Waals surface area contributed by atoms with Gasteiger partial charge in [-0.25, -0.2) is 0 Å². The highest BCUT2D eigenvalue weighted by Crippen LogP contribution is 2.23. The second-order valence-corrected chi connectivity index (χ2v) is 5.17. The van der Waals surface area contributed by atoms with E-state index in [1.165, 1.54) is 22.3 Å². The van der Waals surface area contributed by atoms with E-state index in [0.29, 0.717) is 6.54 Å². The standard InChI is InChI=1S/C17H22N2/c1-12-8-13(2)10-15(9-12)17(11-18)19-16-7-5-4-6-14(16)3/h4-10,17,19H,11,18H2,1-3H3. The van der Waals surface area contributed by atoms with Crippen LogP contribution in [0.4, 0.5) is 5.69 Å². The van der Waals surface area contributed by atoms with E-state index >= 15 is 0 Å². The Morgan fingerprint density at radius 3 is 2.21 bits per heavy atom. The average molecular weight is 254 g/mol. The zero-order chi connectivity index (χ0) is 13.8. The summed E-state index contributed by atoms with van der Waals surface area (Å²) in [4.78, 5) is 0. The van der Waals surface area contributed by atoms with Crippen LogP contribution in [-0.4, -0.2) is 6.54 Å². The minimum absolute atomic E-state index is 0.152. The lowest BCUT2D eigenvalue weighted by molar-refractivity contribution is 0.787. The minimum atomic E-state index is 0.152. The van der Waals surface area contributed by atoms with E-state index in [0.717, 1.165) is 5.69 Å². The summed E-state index contributed by atoms with van der Waals surface area (Å²) in [6, 6.07) is 15.0. The highest BCUT2D eigenvalue weighted by Gasteiger charge is 2.11. The van der Waals surface area contributed by atoms with Crippen molar-refractivity contribution in [3.63, 3.8) is 0 Å². The molecule has 0 heterocycles. The minimum Gasteiger partial charge on any atom is -0.377 e. The van der Waals surface area contributed by atoms with Crippen LogP contribution in [0.5, 0.6) is 0 Å². The van der Waals surface area contributed by atoms with Gasteiger partial charge < -0.3 is 11.1 Å². The zero-order valence-corrected chi connectivity index (χ0v) is 11.9. The van der Waals surface area contributed by atoms with Crippen molar-refractivity contribution in [2.24, 2.45) is 5.73 Å². The third kappa shape index (κ3) is 3.36. The van der Waals surface area contributed by atoms with Gasteiger partial charge in [-0.3, -0.25) is 0 Å². The molecule has 19 heavy (non-hydrogen) atoms. The second kappa shape index (κ2) is 5.89. The molecule has 0 amide bonds. The molecule has 0 bridgehead atoms. The lowest BCUT2D eigenvalue weighted by Crippen LogP contribution is -2.21. The van der Waals surface area contributed by atoms with Crippen LogP contribution >= 0.6 is 0 Å². The molecule has 0 spiro atoms. The van der Waals surface area contributed by atoms with Crippen molar-refractivity contribution in [3.8, 4) is 0 Å². The summed E-state index contributed by atoms with van der Waals surface area (Å²) in [6.45, 7) is 6.93. The predicted octanol–water partition coefficient (Wildman–Crippen LogP) is 3.72. The summed E-state index contributed by atoms with van der Waals surface area (Å²) in [6.07, 6.45) is 0. The zero-order valence-electron chi connectivity index (χ0n) is 11.9. The Labute approximate surface area is 115 Å². The average Bonchev–Trinajstić information content (AvgIpc) is 2.36. The Balaban J connectivity index is 2.28. The Kier molecular flexibility index (Phi) is 4.23. The lowest BCUT2D eigenvalue weighted by Gasteiger charge is -2.21. The number of aryl methyl sites for hydroxylation is 3. The quantitative estimate of drug-likeness (QED) is 0.872. The first-order valence-electron chi connectivity index (χ1n) is 6.70. The van der Waals surface area contributed by atoms with E-state index in [1.54, 1.807) is 0 Å². The van der Waals surface area contributed by atoms with E-state index in [9.17, 15) is 0 Å². The highest BCUT2D eigenvalue weighted by atomic mass is 14.9. The van der Waals surface area contributed by atoms with Gasteiger partial charge in [0, 0.05) is 12.2 Å². The first-order chi connectivity index (χ1) is 9.10. The number of hydrogen-bond donors (Lipinski definition) is 2. The molecule has 0 radical (unpaired) electrons.